The summed E-state index contributed by atoms with van der Waals surface area (Å²) < 4.78 is 0. The van der Waals surface area contributed by atoms with Gasteiger partial charge in [0.05, 0.1) is 0 Å². The maximum atomic E-state index is 13.0. The Morgan fingerprint density at radius 2 is 1.35 bits per heavy atom. The van der Waals surface area contributed by atoms with Gasteiger partial charge in [0, 0.05) is 49.2 Å². The third-order valence-electron chi connectivity index (χ3n) is 6.12. The molecule has 0 radical (unpaired) electrons. The van der Waals surface area contributed by atoms with Crippen molar-refractivity contribution in [2.45, 2.75) is 6.54 Å². The number of benzene rings is 3. The number of hydrogen-bond acceptors (Lipinski definition) is 4. The molecular formula is C25H23N3O3. The molecule has 0 N–H and O–H groups in total. The third-order valence-corrected chi connectivity index (χ3v) is 6.12. The fraction of sp³-hybridized carbons (Fsp3) is 0.240. The molecule has 0 unspecified atom stereocenters. The predicted octanol–water partition coefficient (Wildman–Crippen LogP) is 2.78. The van der Waals surface area contributed by atoms with Crippen molar-refractivity contribution in [3.8, 4) is 0 Å². The smallest absolute Gasteiger partial charge is 0.261 e. The lowest BCUT2D eigenvalue weighted by molar-refractivity contribution is -0.133. The average molecular weight is 413 g/mol. The molecule has 0 atom stereocenters. The monoisotopic (exact) mass is 413 g/mol. The van der Waals surface area contributed by atoms with Gasteiger partial charge < -0.3 is 4.90 Å². The zero-order valence-electron chi connectivity index (χ0n) is 17.2. The molecule has 2 aliphatic heterocycles. The van der Waals surface area contributed by atoms with E-state index in [0.29, 0.717) is 29.6 Å². The Hall–Kier alpha value is -3.51. The number of carbonyl (C=O) groups excluding carboxylic acids is 3. The van der Waals surface area contributed by atoms with E-state index in [4.69, 9.17) is 0 Å². The number of hydrogen-bond donors (Lipinski definition) is 0. The van der Waals surface area contributed by atoms with Gasteiger partial charge in [-0.25, -0.2) is 0 Å². The molecule has 3 aromatic rings. The van der Waals surface area contributed by atoms with Crippen molar-refractivity contribution in [2.75, 3.05) is 32.7 Å². The van der Waals surface area contributed by atoms with E-state index < -0.39 is 11.8 Å². The molecule has 1 saturated heterocycles. The quantitative estimate of drug-likeness (QED) is 0.617. The lowest BCUT2D eigenvalue weighted by Gasteiger charge is -2.36. The van der Waals surface area contributed by atoms with Gasteiger partial charge in [0.1, 0.15) is 6.54 Å². The average Bonchev–Trinajstić information content (AvgIpc) is 2.81. The van der Waals surface area contributed by atoms with Crippen LogP contribution in [0.15, 0.2) is 66.7 Å². The highest BCUT2D eigenvalue weighted by Crippen LogP contribution is 2.29. The highest BCUT2D eigenvalue weighted by atomic mass is 16.2. The van der Waals surface area contributed by atoms with Crippen molar-refractivity contribution in [2.24, 2.45) is 0 Å². The second-order valence-electron chi connectivity index (χ2n) is 8.05. The van der Waals surface area contributed by atoms with E-state index in [1.54, 1.807) is 29.2 Å². The molecule has 0 bridgehead atoms. The Morgan fingerprint density at radius 3 is 1.97 bits per heavy atom. The number of rotatable bonds is 4. The van der Waals surface area contributed by atoms with Gasteiger partial charge >= 0.3 is 0 Å². The first-order valence-electron chi connectivity index (χ1n) is 10.5. The lowest BCUT2D eigenvalue weighted by atomic mass is 9.94. The lowest BCUT2D eigenvalue weighted by Crippen LogP contribution is -2.52. The Labute approximate surface area is 180 Å². The van der Waals surface area contributed by atoms with Crippen molar-refractivity contribution in [1.29, 1.82) is 0 Å². The molecule has 0 aliphatic carbocycles. The van der Waals surface area contributed by atoms with E-state index in [9.17, 15) is 14.4 Å². The Morgan fingerprint density at radius 1 is 0.742 bits per heavy atom. The minimum Gasteiger partial charge on any atom is -0.339 e. The third kappa shape index (κ3) is 3.59. The Bertz CT molecular complexity index is 1120. The zero-order chi connectivity index (χ0) is 21.4. The number of piperazine rings is 1. The van der Waals surface area contributed by atoms with Crippen LogP contribution in [-0.4, -0.2) is 65.1 Å². The van der Waals surface area contributed by atoms with Crippen LogP contribution >= 0.6 is 0 Å². The molecule has 6 heteroatoms. The molecule has 5 rings (SSSR count). The van der Waals surface area contributed by atoms with Crippen molar-refractivity contribution >= 4 is 28.5 Å². The minimum atomic E-state index is -0.398. The molecule has 156 valence electrons. The summed E-state index contributed by atoms with van der Waals surface area (Å²) in [5.74, 6) is -0.983. The van der Waals surface area contributed by atoms with Crippen molar-refractivity contribution < 1.29 is 14.4 Å². The van der Waals surface area contributed by atoms with Crippen LogP contribution in [0.5, 0.6) is 0 Å². The van der Waals surface area contributed by atoms with Gasteiger partial charge in [-0.2, -0.15) is 0 Å². The molecule has 31 heavy (non-hydrogen) atoms. The van der Waals surface area contributed by atoms with Crippen molar-refractivity contribution in [3.05, 3.63) is 83.4 Å². The maximum absolute atomic E-state index is 13.0. The highest BCUT2D eigenvalue weighted by Gasteiger charge is 2.35. The van der Waals surface area contributed by atoms with E-state index in [2.05, 4.69) is 17.0 Å². The molecule has 3 aromatic carbocycles. The molecule has 2 aliphatic rings. The van der Waals surface area contributed by atoms with Gasteiger partial charge in [-0.05, 0) is 23.1 Å². The second kappa shape index (κ2) is 7.96. The van der Waals surface area contributed by atoms with Crippen LogP contribution in [0.1, 0.15) is 26.3 Å². The largest absolute Gasteiger partial charge is 0.339 e. The van der Waals surface area contributed by atoms with Crippen molar-refractivity contribution in [3.63, 3.8) is 0 Å². The summed E-state index contributed by atoms with van der Waals surface area (Å²) in [7, 11) is 0. The predicted molar refractivity (Wildman–Crippen MR) is 118 cm³/mol. The van der Waals surface area contributed by atoms with E-state index in [0.717, 1.165) is 29.9 Å². The maximum Gasteiger partial charge on any atom is 0.261 e. The van der Waals surface area contributed by atoms with Crippen LogP contribution < -0.4 is 0 Å². The van der Waals surface area contributed by atoms with Crippen LogP contribution in [0.4, 0.5) is 0 Å². The van der Waals surface area contributed by atoms with E-state index in [-0.39, 0.29) is 12.5 Å². The number of nitrogens with zero attached hydrogens (tertiary/aromatic N) is 3. The Kier molecular flexibility index (Phi) is 5.00. The summed E-state index contributed by atoms with van der Waals surface area (Å²) >= 11 is 0. The summed E-state index contributed by atoms with van der Waals surface area (Å²) in [4.78, 5) is 44.1. The standard InChI is InChI=1S/C25H23N3O3/c29-22(27-14-12-26(13-15-27)16-18-6-2-1-3-7-18)17-28-24(30)20-10-4-8-19-9-5-11-21(23(19)20)25(28)31/h1-11H,12-17H2. The van der Waals surface area contributed by atoms with E-state index >= 15 is 0 Å². The molecule has 1 fully saturated rings. The molecule has 6 nitrogen and oxygen atoms in total. The first-order valence-corrected chi connectivity index (χ1v) is 10.5. The normalized spacial score (nSPS) is 16.8. The summed E-state index contributed by atoms with van der Waals surface area (Å²) in [6.45, 7) is 3.35. The Balaban J connectivity index is 1.26. The summed E-state index contributed by atoms with van der Waals surface area (Å²) in [6.07, 6.45) is 0. The number of imide groups is 1. The topological polar surface area (TPSA) is 60.9 Å². The summed E-state index contributed by atoms with van der Waals surface area (Å²) in [5.41, 5.74) is 2.21. The first-order chi connectivity index (χ1) is 15.1. The molecule has 3 amide bonds. The molecule has 0 saturated carbocycles. The van der Waals surface area contributed by atoms with Crippen molar-refractivity contribution in [1.82, 2.24) is 14.7 Å². The number of amides is 3. The first kappa shape index (κ1) is 19.5. The van der Waals surface area contributed by atoms with Crippen LogP contribution in [0.2, 0.25) is 0 Å². The van der Waals surface area contributed by atoms with E-state index in [1.807, 2.05) is 30.3 Å². The second-order valence-corrected chi connectivity index (χ2v) is 8.05. The highest BCUT2D eigenvalue weighted by molar-refractivity contribution is 6.26. The summed E-state index contributed by atoms with van der Waals surface area (Å²) in [5, 5.41) is 1.54. The minimum absolute atomic E-state index is 0.187. The molecule has 0 spiro atoms. The fourth-order valence-electron chi connectivity index (χ4n) is 4.46. The van der Waals surface area contributed by atoms with Gasteiger partial charge in [-0.1, -0.05) is 54.6 Å². The van der Waals surface area contributed by atoms with Crippen LogP contribution in [0, 0.1) is 0 Å². The van der Waals surface area contributed by atoms with E-state index in [1.165, 1.54) is 5.56 Å². The molecular weight excluding hydrogens is 390 g/mol. The van der Waals surface area contributed by atoms with Gasteiger partial charge in [-0.3, -0.25) is 24.2 Å². The van der Waals surface area contributed by atoms with Gasteiger partial charge in [0.25, 0.3) is 11.8 Å². The van der Waals surface area contributed by atoms with Crippen LogP contribution in [0.25, 0.3) is 10.8 Å². The summed E-state index contributed by atoms with van der Waals surface area (Å²) in [6, 6.07) is 21.1. The van der Waals surface area contributed by atoms with Crippen LogP contribution in [0.3, 0.4) is 0 Å². The molecule has 2 heterocycles. The zero-order valence-corrected chi connectivity index (χ0v) is 17.2. The van der Waals surface area contributed by atoms with Gasteiger partial charge in [0.2, 0.25) is 5.91 Å². The van der Waals surface area contributed by atoms with Gasteiger partial charge in [-0.15, -0.1) is 0 Å². The van der Waals surface area contributed by atoms with Gasteiger partial charge in [0.15, 0.2) is 0 Å². The SMILES string of the molecule is O=C(CN1C(=O)c2cccc3cccc(c23)C1=O)N1CCN(Cc2ccccc2)CC1. The fourth-order valence-corrected chi connectivity index (χ4v) is 4.46. The van der Waals surface area contributed by atoms with Crippen LogP contribution in [-0.2, 0) is 11.3 Å². The molecule has 0 aromatic heterocycles. The number of carbonyl (C=O) groups is 3.